The summed E-state index contributed by atoms with van der Waals surface area (Å²) >= 11 is 6.94. The maximum atomic E-state index is 13.3. The van der Waals surface area contributed by atoms with Crippen molar-refractivity contribution in [2.24, 2.45) is 11.7 Å². The lowest BCUT2D eigenvalue weighted by molar-refractivity contribution is -0.138. The number of carbonyl (C=O) groups is 2. The largest absolute Gasteiger partial charge is 0.370 e. The first-order chi connectivity index (χ1) is 19.5. The molecule has 1 aromatic heterocycles. The predicted octanol–water partition coefficient (Wildman–Crippen LogP) is 2.92. The molecule has 0 aliphatic carbocycles. The molecule has 2 saturated heterocycles. The van der Waals surface area contributed by atoms with Crippen LogP contribution in [0.3, 0.4) is 0 Å². The Morgan fingerprint density at radius 3 is 2.46 bits per heavy atom. The Morgan fingerprint density at radius 2 is 1.80 bits per heavy atom. The molecule has 1 aromatic carbocycles. The molecule has 2 amide bonds. The Hall–Kier alpha value is -2.74. The third kappa shape index (κ3) is 7.19. The van der Waals surface area contributed by atoms with E-state index in [9.17, 15) is 18.0 Å². The van der Waals surface area contributed by atoms with E-state index in [1.807, 2.05) is 25.3 Å². The zero-order valence-electron chi connectivity index (χ0n) is 22.9. The molecule has 0 radical (unpaired) electrons. The van der Waals surface area contributed by atoms with Gasteiger partial charge in [0.1, 0.15) is 9.87 Å². The average molecular weight is 619 g/mol. The number of likely N-dealkylation sites (tertiary alicyclic amines) is 1. The van der Waals surface area contributed by atoms with E-state index in [1.165, 1.54) is 10.4 Å². The van der Waals surface area contributed by atoms with Crippen LogP contribution >= 0.6 is 22.9 Å². The normalized spacial score (nSPS) is 22.7. The second kappa shape index (κ2) is 12.2. The number of amides is 2. The van der Waals surface area contributed by atoms with Gasteiger partial charge in [0.15, 0.2) is 0 Å². The number of nitrogens with zero attached hydrogens (tertiary/aromatic N) is 3. The fraction of sp³-hybridized carbons (Fsp3) is 0.429. The molecule has 0 spiro atoms. The van der Waals surface area contributed by atoms with Crippen molar-refractivity contribution in [3.8, 4) is 0 Å². The van der Waals surface area contributed by atoms with Gasteiger partial charge in [-0.25, -0.2) is 8.42 Å². The highest BCUT2D eigenvalue weighted by atomic mass is 35.5. The molecule has 3 aliphatic heterocycles. The topological polar surface area (TPSA) is 128 Å². The molecule has 4 N–H and O–H groups in total. The van der Waals surface area contributed by atoms with Crippen molar-refractivity contribution in [3.05, 3.63) is 70.2 Å². The molecule has 13 heteroatoms. The van der Waals surface area contributed by atoms with Gasteiger partial charge in [0, 0.05) is 54.6 Å². The lowest BCUT2D eigenvalue weighted by Crippen LogP contribution is -2.52. The van der Waals surface area contributed by atoms with E-state index in [4.69, 9.17) is 17.3 Å². The van der Waals surface area contributed by atoms with E-state index < -0.39 is 15.7 Å². The second-order valence-electron chi connectivity index (χ2n) is 10.9. The molecule has 4 heterocycles. The highest BCUT2D eigenvalue weighted by Gasteiger charge is 2.34. The number of hydrogen-bond acceptors (Lipinski definition) is 8. The van der Waals surface area contributed by atoms with Crippen LogP contribution in [-0.4, -0.2) is 85.8 Å². The number of halogens is 1. The number of dihydropyridines is 1. The van der Waals surface area contributed by atoms with Gasteiger partial charge in [-0.1, -0.05) is 11.6 Å². The number of benzene rings is 1. The van der Waals surface area contributed by atoms with Crippen LogP contribution in [0, 0.1) is 5.92 Å². The van der Waals surface area contributed by atoms with Crippen LogP contribution < -0.4 is 16.4 Å². The highest BCUT2D eigenvalue weighted by Crippen LogP contribution is 2.29. The van der Waals surface area contributed by atoms with E-state index in [-0.39, 0.29) is 35.0 Å². The molecule has 1 atom stereocenters. The molecule has 220 valence electrons. The van der Waals surface area contributed by atoms with Gasteiger partial charge in [0.05, 0.1) is 5.69 Å². The molecular formula is C28H35ClN6O4S2. The Kier molecular flexibility index (Phi) is 8.88. The number of rotatable bonds is 7. The minimum Gasteiger partial charge on any atom is -0.370 e. The summed E-state index contributed by atoms with van der Waals surface area (Å²) in [5, 5.41) is 7.98. The number of piperazine rings is 1. The Labute approximate surface area is 249 Å². The van der Waals surface area contributed by atoms with Gasteiger partial charge in [-0.3, -0.25) is 14.5 Å². The van der Waals surface area contributed by atoms with E-state index >= 15 is 0 Å². The lowest BCUT2D eigenvalue weighted by Gasteiger charge is -2.38. The fourth-order valence-electron chi connectivity index (χ4n) is 5.35. The lowest BCUT2D eigenvalue weighted by atomic mass is 9.94. The molecule has 10 nitrogen and oxygen atoms in total. The van der Waals surface area contributed by atoms with Crippen molar-refractivity contribution in [2.45, 2.75) is 29.6 Å². The van der Waals surface area contributed by atoms with Crippen LogP contribution in [-0.2, 0) is 14.8 Å². The Morgan fingerprint density at radius 1 is 1.12 bits per heavy atom. The first-order valence-corrected chi connectivity index (χ1v) is 16.3. The predicted molar refractivity (Wildman–Crippen MR) is 161 cm³/mol. The van der Waals surface area contributed by atoms with E-state index in [0.717, 1.165) is 49.4 Å². The van der Waals surface area contributed by atoms with E-state index in [0.29, 0.717) is 29.4 Å². The molecule has 2 aromatic rings. The van der Waals surface area contributed by atoms with Gasteiger partial charge in [0.2, 0.25) is 5.91 Å². The summed E-state index contributed by atoms with van der Waals surface area (Å²) < 4.78 is 28.2. The summed E-state index contributed by atoms with van der Waals surface area (Å²) in [5.74, 6) is -0.281. The van der Waals surface area contributed by atoms with Crippen LogP contribution in [0.15, 0.2) is 63.8 Å². The molecule has 2 fully saturated rings. The summed E-state index contributed by atoms with van der Waals surface area (Å²) in [6.45, 7) is 5.60. The minimum atomic E-state index is -3.74. The molecule has 1 unspecified atom stereocenters. The van der Waals surface area contributed by atoms with Gasteiger partial charge in [-0.15, -0.1) is 11.3 Å². The zero-order valence-corrected chi connectivity index (χ0v) is 25.3. The number of nitrogens with one attached hydrogen (secondary N) is 2. The fourth-order valence-corrected chi connectivity index (χ4v) is 8.17. The average Bonchev–Trinajstić information content (AvgIpc) is 3.42. The standard InChI is InChI=1S/C28H35ClN6O4S2/c1-28(30)17-20(6-9-31-28)18-33-10-7-22(8-11-33)27(37)34-12-14-35(15-13-34)41(38,39)25-16-24(19-40-25)32-26(36)21-2-4-23(29)5-3-21/h2-6,9,16-17,19,22,31H,7-8,10-15,18,30H2,1H3,(H,32,36). The van der Waals surface area contributed by atoms with Crippen molar-refractivity contribution < 1.29 is 18.0 Å². The SMILES string of the molecule is CC1(N)C=C(CN2CCC(C(=O)N3CCN(S(=O)(=O)c4cc(NC(=O)c5ccc(Cl)cc5)cs4)CC3)CC2)C=CN1. The van der Waals surface area contributed by atoms with Crippen molar-refractivity contribution >= 4 is 50.5 Å². The monoisotopic (exact) mass is 618 g/mol. The summed E-state index contributed by atoms with van der Waals surface area (Å²) in [6.07, 6.45) is 7.52. The minimum absolute atomic E-state index is 0.0455. The first kappa shape index (κ1) is 29.7. The van der Waals surface area contributed by atoms with Crippen molar-refractivity contribution in [3.63, 3.8) is 0 Å². The second-order valence-corrected chi connectivity index (χ2v) is 14.4. The Balaban J connectivity index is 1.10. The number of carbonyl (C=O) groups excluding carboxylic acids is 2. The highest BCUT2D eigenvalue weighted by molar-refractivity contribution is 7.91. The van der Waals surface area contributed by atoms with Crippen LogP contribution in [0.5, 0.6) is 0 Å². The number of anilines is 1. The number of thiophene rings is 1. The van der Waals surface area contributed by atoms with Crippen molar-refractivity contribution in [1.29, 1.82) is 0 Å². The summed E-state index contributed by atoms with van der Waals surface area (Å²) in [7, 11) is -3.74. The first-order valence-electron chi connectivity index (χ1n) is 13.6. The van der Waals surface area contributed by atoms with Crippen LogP contribution in [0.25, 0.3) is 0 Å². The molecule has 5 rings (SSSR count). The van der Waals surface area contributed by atoms with Gasteiger partial charge in [-0.2, -0.15) is 4.31 Å². The maximum Gasteiger partial charge on any atom is 0.255 e. The smallest absolute Gasteiger partial charge is 0.255 e. The van der Waals surface area contributed by atoms with Crippen LogP contribution in [0.2, 0.25) is 5.02 Å². The third-order valence-corrected chi connectivity index (χ3v) is 11.2. The van der Waals surface area contributed by atoms with Crippen molar-refractivity contribution in [1.82, 2.24) is 19.4 Å². The quantitative estimate of drug-likeness (QED) is 0.435. The van der Waals surface area contributed by atoms with E-state index in [1.54, 1.807) is 34.5 Å². The van der Waals surface area contributed by atoms with Gasteiger partial charge in [-0.05, 0) is 87.1 Å². The van der Waals surface area contributed by atoms with Gasteiger partial charge < -0.3 is 21.3 Å². The number of nitrogens with two attached hydrogens (primary N) is 1. The number of sulfonamides is 1. The van der Waals surface area contributed by atoms with Crippen LogP contribution in [0.1, 0.15) is 30.1 Å². The summed E-state index contributed by atoms with van der Waals surface area (Å²) in [6, 6.07) is 7.93. The van der Waals surface area contributed by atoms with Gasteiger partial charge in [0.25, 0.3) is 15.9 Å². The molecular weight excluding hydrogens is 584 g/mol. The summed E-state index contributed by atoms with van der Waals surface area (Å²) in [4.78, 5) is 29.9. The number of piperidine rings is 1. The summed E-state index contributed by atoms with van der Waals surface area (Å²) in [5.41, 5.74) is 7.62. The van der Waals surface area contributed by atoms with E-state index in [2.05, 4.69) is 15.5 Å². The molecule has 0 bridgehead atoms. The van der Waals surface area contributed by atoms with Gasteiger partial charge >= 0.3 is 0 Å². The zero-order chi connectivity index (χ0) is 29.2. The number of hydrogen-bond donors (Lipinski definition) is 3. The maximum absolute atomic E-state index is 13.3. The van der Waals surface area contributed by atoms with Crippen LogP contribution in [0.4, 0.5) is 5.69 Å². The molecule has 0 saturated carbocycles. The third-order valence-electron chi connectivity index (χ3n) is 7.60. The Bertz CT molecular complexity index is 1440. The molecule has 3 aliphatic rings. The van der Waals surface area contributed by atoms with Crippen molar-refractivity contribution in [2.75, 3.05) is 51.1 Å². The molecule has 41 heavy (non-hydrogen) atoms.